The Labute approximate surface area is 97.4 Å². The lowest BCUT2D eigenvalue weighted by atomic mass is 10.1. The van der Waals surface area contributed by atoms with E-state index in [0.717, 1.165) is 11.9 Å². The first-order valence-corrected chi connectivity index (χ1v) is 6.12. The molecule has 1 saturated carbocycles. The molecule has 0 spiro atoms. The molecule has 1 aromatic heterocycles. The monoisotopic (exact) mass is 268 g/mol. The number of alkyl halides is 1. The van der Waals surface area contributed by atoms with Crippen LogP contribution in [0.1, 0.15) is 23.2 Å². The zero-order valence-corrected chi connectivity index (χ0v) is 9.96. The average molecular weight is 269 g/mol. The number of aromatic nitrogens is 1. The van der Waals surface area contributed by atoms with Crippen LogP contribution in [0.3, 0.4) is 0 Å². The van der Waals surface area contributed by atoms with Gasteiger partial charge in [0.25, 0.3) is 5.91 Å². The molecule has 1 N–H and O–H groups in total. The van der Waals surface area contributed by atoms with Gasteiger partial charge in [-0.2, -0.15) is 0 Å². The second-order valence-corrected chi connectivity index (χ2v) is 4.62. The molecular formula is C11H13BrN2O. The van der Waals surface area contributed by atoms with E-state index in [1.807, 2.05) is 0 Å². The van der Waals surface area contributed by atoms with Crippen LogP contribution in [0, 0.1) is 5.41 Å². The maximum Gasteiger partial charge on any atom is 0.252 e. The van der Waals surface area contributed by atoms with Crippen molar-refractivity contribution < 1.29 is 4.79 Å². The summed E-state index contributed by atoms with van der Waals surface area (Å²) in [4.78, 5) is 15.6. The molecule has 0 saturated heterocycles. The minimum atomic E-state index is -0.0321. The van der Waals surface area contributed by atoms with Gasteiger partial charge < -0.3 is 5.32 Å². The number of rotatable bonds is 4. The number of hydrogen-bond acceptors (Lipinski definition) is 2. The summed E-state index contributed by atoms with van der Waals surface area (Å²) >= 11 is 3.48. The van der Waals surface area contributed by atoms with Crippen LogP contribution in [0.5, 0.6) is 0 Å². The molecule has 1 amide bonds. The standard InChI is InChI=1S/C11H13BrN2O/c12-7-11(3-4-11)8-14-10(15)9-2-1-5-13-6-9/h1-2,5-6H,3-4,7-8H2,(H,14,15). The van der Waals surface area contributed by atoms with Gasteiger partial charge in [0.1, 0.15) is 0 Å². The van der Waals surface area contributed by atoms with E-state index in [0.29, 0.717) is 11.0 Å². The SMILES string of the molecule is O=C(NCC1(CBr)CC1)c1cccnc1. The summed E-state index contributed by atoms with van der Waals surface area (Å²) in [5.41, 5.74) is 0.945. The topological polar surface area (TPSA) is 42.0 Å². The molecule has 1 fully saturated rings. The smallest absolute Gasteiger partial charge is 0.252 e. The Hall–Kier alpha value is -0.900. The fourth-order valence-electron chi connectivity index (χ4n) is 1.40. The van der Waals surface area contributed by atoms with Crippen LogP contribution >= 0.6 is 15.9 Å². The van der Waals surface area contributed by atoms with Crippen LogP contribution in [0.4, 0.5) is 0 Å². The van der Waals surface area contributed by atoms with Gasteiger partial charge in [-0.05, 0) is 30.4 Å². The number of carbonyl (C=O) groups excluding carboxylic acids is 1. The first-order valence-electron chi connectivity index (χ1n) is 5.00. The van der Waals surface area contributed by atoms with Gasteiger partial charge in [-0.1, -0.05) is 15.9 Å². The fraction of sp³-hybridized carbons (Fsp3) is 0.455. The number of nitrogens with one attached hydrogen (secondary N) is 1. The maximum absolute atomic E-state index is 11.7. The third kappa shape index (κ3) is 2.56. The molecular weight excluding hydrogens is 256 g/mol. The van der Waals surface area contributed by atoms with E-state index in [1.54, 1.807) is 24.5 Å². The lowest BCUT2D eigenvalue weighted by molar-refractivity contribution is 0.0946. The predicted octanol–water partition coefficient (Wildman–Crippen LogP) is 1.99. The minimum absolute atomic E-state index is 0.0321. The summed E-state index contributed by atoms with van der Waals surface area (Å²) < 4.78 is 0. The molecule has 0 aromatic carbocycles. The van der Waals surface area contributed by atoms with Crippen LogP contribution in [0.2, 0.25) is 0 Å². The van der Waals surface area contributed by atoms with Gasteiger partial charge in [-0.3, -0.25) is 9.78 Å². The van der Waals surface area contributed by atoms with E-state index in [-0.39, 0.29) is 5.91 Å². The third-order valence-corrected chi connectivity index (χ3v) is 3.98. The molecule has 1 heterocycles. The van der Waals surface area contributed by atoms with Gasteiger partial charge in [-0.25, -0.2) is 0 Å². The second kappa shape index (κ2) is 4.31. The van der Waals surface area contributed by atoms with Gasteiger partial charge in [0.15, 0.2) is 0 Å². The highest BCUT2D eigenvalue weighted by Gasteiger charge is 2.41. The second-order valence-electron chi connectivity index (χ2n) is 4.06. The number of hydrogen-bond donors (Lipinski definition) is 1. The maximum atomic E-state index is 11.7. The number of halogens is 1. The Kier molecular flexibility index (Phi) is 3.05. The Bertz CT molecular complexity index is 349. The molecule has 0 radical (unpaired) electrons. The third-order valence-electron chi connectivity index (χ3n) is 2.79. The zero-order valence-electron chi connectivity index (χ0n) is 8.37. The molecule has 1 aliphatic carbocycles. The fourth-order valence-corrected chi connectivity index (χ4v) is 2.16. The van der Waals surface area contributed by atoms with Gasteiger partial charge in [0.05, 0.1) is 5.56 Å². The molecule has 0 atom stereocenters. The average Bonchev–Trinajstić information content (AvgIpc) is 3.08. The van der Waals surface area contributed by atoms with E-state index < -0.39 is 0 Å². The molecule has 2 rings (SSSR count). The quantitative estimate of drug-likeness (QED) is 0.849. The summed E-state index contributed by atoms with van der Waals surface area (Å²) in [6.07, 6.45) is 5.65. The molecule has 0 unspecified atom stereocenters. The van der Waals surface area contributed by atoms with Crippen molar-refractivity contribution in [1.29, 1.82) is 0 Å². The van der Waals surface area contributed by atoms with Crippen LogP contribution in [0.15, 0.2) is 24.5 Å². The summed E-state index contributed by atoms with van der Waals surface area (Å²) in [5, 5.41) is 3.91. The highest BCUT2D eigenvalue weighted by molar-refractivity contribution is 9.09. The van der Waals surface area contributed by atoms with Crippen molar-refractivity contribution in [2.75, 3.05) is 11.9 Å². The first kappa shape index (κ1) is 10.6. The molecule has 1 aromatic rings. The summed E-state index contributed by atoms with van der Waals surface area (Å²) in [6.45, 7) is 0.756. The van der Waals surface area contributed by atoms with Gasteiger partial charge in [-0.15, -0.1) is 0 Å². The van der Waals surface area contributed by atoms with Crippen LogP contribution in [0.25, 0.3) is 0 Å². The van der Waals surface area contributed by atoms with Gasteiger partial charge in [0.2, 0.25) is 0 Å². The van der Waals surface area contributed by atoms with Crippen molar-refractivity contribution in [3.8, 4) is 0 Å². The molecule has 80 valence electrons. The largest absolute Gasteiger partial charge is 0.351 e. The Balaban J connectivity index is 1.88. The normalized spacial score (nSPS) is 17.1. The van der Waals surface area contributed by atoms with Crippen LogP contribution < -0.4 is 5.32 Å². The van der Waals surface area contributed by atoms with Crippen molar-refractivity contribution in [2.45, 2.75) is 12.8 Å². The first-order chi connectivity index (χ1) is 7.26. The number of amides is 1. The Morgan fingerprint density at radius 1 is 1.60 bits per heavy atom. The highest BCUT2D eigenvalue weighted by Crippen LogP contribution is 2.46. The molecule has 0 bridgehead atoms. The lowest BCUT2D eigenvalue weighted by Crippen LogP contribution is -2.30. The van der Waals surface area contributed by atoms with Crippen LogP contribution in [-0.2, 0) is 0 Å². The van der Waals surface area contributed by atoms with Crippen molar-refractivity contribution in [3.63, 3.8) is 0 Å². The van der Waals surface area contributed by atoms with E-state index in [9.17, 15) is 4.79 Å². The molecule has 4 heteroatoms. The zero-order chi connectivity index (χ0) is 10.7. The number of carbonyl (C=O) groups is 1. The Morgan fingerprint density at radius 3 is 2.93 bits per heavy atom. The van der Waals surface area contributed by atoms with Crippen molar-refractivity contribution >= 4 is 21.8 Å². The lowest BCUT2D eigenvalue weighted by Gasteiger charge is -2.12. The predicted molar refractivity (Wildman–Crippen MR) is 62.0 cm³/mol. The summed E-state index contributed by atoms with van der Waals surface area (Å²) in [6, 6.07) is 3.54. The summed E-state index contributed by atoms with van der Waals surface area (Å²) in [7, 11) is 0. The van der Waals surface area contributed by atoms with Crippen molar-refractivity contribution in [3.05, 3.63) is 30.1 Å². The Morgan fingerprint density at radius 2 is 2.40 bits per heavy atom. The highest BCUT2D eigenvalue weighted by atomic mass is 79.9. The number of nitrogens with zero attached hydrogens (tertiary/aromatic N) is 1. The molecule has 0 aliphatic heterocycles. The molecule has 15 heavy (non-hydrogen) atoms. The van der Waals surface area contributed by atoms with Crippen LogP contribution in [-0.4, -0.2) is 22.8 Å². The summed E-state index contributed by atoms with van der Waals surface area (Å²) in [5.74, 6) is -0.0321. The van der Waals surface area contributed by atoms with E-state index in [1.165, 1.54) is 12.8 Å². The molecule has 3 nitrogen and oxygen atoms in total. The van der Waals surface area contributed by atoms with Crippen molar-refractivity contribution in [1.82, 2.24) is 10.3 Å². The van der Waals surface area contributed by atoms with Gasteiger partial charge in [0, 0.05) is 24.3 Å². The minimum Gasteiger partial charge on any atom is -0.351 e. The van der Waals surface area contributed by atoms with Crippen molar-refractivity contribution in [2.24, 2.45) is 5.41 Å². The number of pyridine rings is 1. The van der Waals surface area contributed by atoms with Gasteiger partial charge >= 0.3 is 0 Å². The molecule has 1 aliphatic rings. The van der Waals surface area contributed by atoms with E-state index in [4.69, 9.17) is 0 Å². The van der Waals surface area contributed by atoms with E-state index >= 15 is 0 Å². The van der Waals surface area contributed by atoms with E-state index in [2.05, 4.69) is 26.2 Å².